The van der Waals surface area contributed by atoms with E-state index in [1.807, 2.05) is 23.1 Å². The van der Waals surface area contributed by atoms with E-state index in [2.05, 4.69) is 4.98 Å². The standard InChI is InChI=1S/C18H20N2O4/c21-18(13-6-9-22-11-13)20-8-10-23-17-15(20)4-5-16(17)24-12-14-3-1-2-7-19-14/h1-3,6-7,9,11,15-17H,4-5,8,10,12H2/t15-,16-,17+/m0/s1. The third-order valence-corrected chi connectivity index (χ3v) is 4.74. The van der Waals surface area contributed by atoms with Gasteiger partial charge in [0.05, 0.1) is 42.9 Å². The van der Waals surface area contributed by atoms with Crippen LogP contribution in [0.25, 0.3) is 0 Å². The number of rotatable bonds is 4. The zero-order valence-electron chi connectivity index (χ0n) is 13.3. The zero-order chi connectivity index (χ0) is 16.4. The molecule has 1 aliphatic heterocycles. The summed E-state index contributed by atoms with van der Waals surface area (Å²) in [4.78, 5) is 18.8. The number of pyridine rings is 1. The average molecular weight is 328 g/mol. The fourth-order valence-corrected chi connectivity index (χ4v) is 3.57. The number of ether oxygens (including phenoxy) is 2. The highest BCUT2D eigenvalue weighted by molar-refractivity contribution is 5.94. The van der Waals surface area contributed by atoms with Gasteiger partial charge in [0.15, 0.2) is 0 Å². The summed E-state index contributed by atoms with van der Waals surface area (Å²) >= 11 is 0. The van der Waals surface area contributed by atoms with E-state index in [0.29, 0.717) is 25.3 Å². The number of aromatic nitrogens is 1. The first-order chi connectivity index (χ1) is 11.8. The summed E-state index contributed by atoms with van der Waals surface area (Å²) < 4.78 is 17.0. The van der Waals surface area contributed by atoms with Crippen LogP contribution in [0.3, 0.4) is 0 Å². The summed E-state index contributed by atoms with van der Waals surface area (Å²) in [5.74, 6) is 0.00688. The monoisotopic (exact) mass is 328 g/mol. The Hall–Kier alpha value is -2.18. The molecule has 2 aromatic heterocycles. The van der Waals surface area contributed by atoms with E-state index in [1.165, 1.54) is 12.5 Å². The number of hydrogen-bond donors (Lipinski definition) is 0. The predicted molar refractivity (Wildman–Crippen MR) is 85.3 cm³/mol. The second-order valence-corrected chi connectivity index (χ2v) is 6.16. The third kappa shape index (κ3) is 2.95. The summed E-state index contributed by atoms with van der Waals surface area (Å²) in [6.45, 7) is 1.61. The molecule has 6 nitrogen and oxygen atoms in total. The van der Waals surface area contributed by atoms with E-state index in [0.717, 1.165) is 18.5 Å². The van der Waals surface area contributed by atoms with Crippen LogP contribution in [0.15, 0.2) is 47.4 Å². The summed E-state index contributed by atoms with van der Waals surface area (Å²) in [5.41, 5.74) is 1.50. The molecule has 1 aliphatic carbocycles. The molecule has 0 bridgehead atoms. The van der Waals surface area contributed by atoms with Gasteiger partial charge in [-0.1, -0.05) is 6.07 Å². The van der Waals surface area contributed by atoms with Gasteiger partial charge in [-0.2, -0.15) is 0 Å². The molecule has 0 radical (unpaired) electrons. The summed E-state index contributed by atoms with van der Waals surface area (Å²) in [5, 5.41) is 0. The lowest BCUT2D eigenvalue weighted by Gasteiger charge is -2.38. The van der Waals surface area contributed by atoms with E-state index in [-0.39, 0.29) is 24.2 Å². The Kier molecular flexibility index (Phi) is 4.32. The lowest BCUT2D eigenvalue weighted by atomic mass is 10.1. The van der Waals surface area contributed by atoms with E-state index in [4.69, 9.17) is 13.9 Å². The first-order valence-corrected chi connectivity index (χ1v) is 8.29. The molecule has 4 rings (SSSR count). The van der Waals surface area contributed by atoms with Crippen molar-refractivity contribution in [2.45, 2.75) is 37.7 Å². The molecule has 24 heavy (non-hydrogen) atoms. The third-order valence-electron chi connectivity index (χ3n) is 4.74. The van der Waals surface area contributed by atoms with Crippen LogP contribution in [0.4, 0.5) is 0 Å². The van der Waals surface area contributed by atoms with Crippen molar-refractivity contribution >= 4 is 5.91 Å². The van der Waals surface area contributed by atoms with Crippen LogP contribution in [-0.2, 0) is 16.1 Å². The maximum atomic E-state index is 12.6. The molecule has 0 spiro atoms. The molecule has 126 valence electrons. The largest absolute Gasteiger partial charge is 0.472 e. The minimum atomic E-state index is -0.0710. The van der Waals surface area contributed by atoms with Gasteiger partial charge in [0.25, 0.3) is 5.91 Å². The van der Waals surface area contributed by atoms with Crippen molar-refractivity contribution in [3.05, 3.63) is 54.2 Å². The highest BCUT2D eigenvalue weighted by atomic mass is 16.5. The maximum absolute atomic E-state index is 12.6. The Morgan fingerprint density at radius 2 is 2.29 bits per heavy atom. The van der Waals surface area contributed by atoms with E-state index in [1.54, 1.807) is 12.3 Å². The van der Waals surface area contributed by atoms with Crippen molar-refractivity contribution in [1.82, 2.24) is 9.88 Å². The average Bonchev–Trinajstić information content (AvgIpc) is 3.30. The second-order valence-electron chi connectivity index (χ2n) is 6.16. The molecule has 6 heteroatoms. The van der Waals surface area contributed by atoms with Crippen molar-refractivity contribution in [3.8, 4) is 0 Å². The number of fused-ring (bicyclic) bond motifs is 1. The number of carbonyl (C=O) groups excluding carboxylic acids is 1. The van der Waals surface area contributed by atoms with E-state index >= 15 is 0 Å². The maximum Gasteiger partial charge on any atom is 0.257 e. The molecule has 1 saturated heterocycles. The molecule has 2 fully saturated rings. The lowest BCUT2D eigenvalue weighted by molar-refractivity contribution is -0.109. The summed E-state index contributed by atoms with van der Waals surface area (Å²) in [6, 6.07) is 7.55. The number of hydrogen-bond acceptors (Lipinski definition) is 5. The normalized spacial score (nSPS) is 26.3. The van der Waals surface area contributed by atoms with Crippen LogP contribution in [-0.4, -0.2) is 47.2 Å². The van der Waals surface area contributed by atoms with Crippen LogP contribution >= 0.6 is 0 Å². The molecule has 0 aromatic carbocycles. The molecule has 2 aromatic rings. The van der Waals surface area contributed by atoms with Crippen LogP contribution < -0.4 is 0 Å². The lowest BCUT2D eigenvalue weighted by Crippen LogP contribution is -2.53. The van der Waals surface area contributed by atoms with E-state index < -0.39 is 0 Å². The molecule has 1 amide bonds. The van der Waals surface area contributed by atoms with Crippen LogP contribution in [0, 0.1) is 0 Å². The highest BCUT2D eigenvalue weighted by Crippen LogP contribution is 2.33. The van der Waals surface area contributed by atoms with Crippen molar-refractivity contribution in [3.63, 3.8) is 0 Å². The van der Waals surface area contributed by atoms with Crippen LogP contribution in [0.1, 0.15) is 28.9 Å². The SMILES string of the molecule is O=C(c1ccoc1)N1CCO[C@H]2[C@@H](OCc3ccccn3)CC[C@@H]21. The quantitative estimate of drug-likeness (QED) is 0.861. The molecular formula is C18H20N2O4. The Bertz CT molecular complexity index is 674. The van der Waals surface area contributed by atoms with Gasteiger partial charge in [0.1, 0.15) is 12.4 Å². The summed E-state index contributed by atoms with van der Waals surface area (Å²) in [7, 11) is 0. The Morgan fingerprint density at radius 3 is 3.08 bits per heavy atom. The van der Waals surface area contributed by atoms with Crippen molar-refractivity contribution in [1.29, 1.82) is 0 Å². The molecular weight excluding hydrogens is 308 g/mol. The molecule has 3 heterocycles. The van der Waals surface area contributed by atoms with Crippen LogP contribution in [0.5, 0.6) is 0 Å². The van der Waals surface area contributed by atoms with Gasteiger partial charge in [-0.05, 0) is 31.0 Å². The smallest absolute Gasteiger partial charge is 0.257 e. The molecule has 2 aliphatic rings. The minimum Gasteiger partial charge on any atom is -0.472 e. The van der Waals surface area contributed by atoms with Gasteiger partial charge < -0.3 is 18.8 Å². The van der Waals surface area contributed by atoms with Gasteiger partial charge in [-0.15, -0.1) is 0 Å². The van der Waals surface area contributed by atoms with Gasteiger partial charge in [0, 0.05) is 12.7 Å². The number of morpholine rings is 1. The fraction of sp³-hybridized carbons (Fsp3) is 0.444. The zero-order valence-corrected chi connectivity index (χ0v) is 13.3. The molecule has 0 unspecified atom stereocenters. The first kappa shape index (κ1) is 15.4. The minimum absolute atomic E-state index is 0.00282. The number of carbonyl (C=O) groups is 1. The van der Waals surface area contributed by atoms with Crippen molar-refractivity contribution < 1.29 is 18.7 Å². The Labute approximate surface area is 140 Å². The first-order valence-electron chi connectivity index (χ1n) is 8.29. The van der Waals surface area contributed by atoms with Gasteiger partial charge in [-0.3, -0.25) is 9.78 Å². The molecule has 0 N–H and O–H groups in total. The number of furan rings is 1. The van der Waals surface area contributed by atoms with Crippen LogP contribution in [0.2, 0.25) is 0 Å². The molecule has 1 saturated carbocycles. The Balaban J connectivity index is 1.42. The van der Waals surface area contributed by atoms with E-state index in [9.17, 15) is 4.79 Å². The Morgan fingerprint density at radius 1 is 1.33 bits per heavy atom. The van der Waals surface area contributed by atoms with Gasteiger partial charge in [0.2, 0.25) is 0 Å². The molecule has 3 atom stereocenters. The topological polar surface area (TPSA) is 64.8 Å². The summed E-state index contributed by atoms with van der Waals surface area (Å²) in [6.07, 6.45) is 6.49. The van der Waals surface area contributed by atoms with Crippen molar-refractivity contribution in [2.24, 2.45) is 0 Å². The second kappa shape index (κ2) is 6.75. The van der Waals surface area contributed by atoms with Gasteiger partial charge >= 0.3 is 0 Å². The fourth-order valence-electron chi connectivity index (χ4n) is 3.57. The number of amides is 1. The van der Waals surface area contributed by atoms with Gasteiger partial charge in [-0.25, -0.2) is 0 Å². The predicted octanol–water partition coefficient (Wildman–Crippen LogP) is 2.26. The highest BCUT2D eigenvalue weighted by Gasteiger charge is 2.45. The number of nitrogens with zero attached hydrogens (tertiary/aromatic N) is 2. The van der Waals surface area contributed by atoms with Crippen molar-refractivity contribution in [2.75, 3.05) is 13.2 Å².